The highest BCUT2D eigenvalue weighted by molar-refractivity contribution is 7.80. The first-order valence-electron chi connectivity index (χ1n) is 7.76. The van der Waals surface area contributed by atoms with Crippen LogP contribution in [0.15, 0.2) is 24.3 Å². The van der Waals surface area contributed by atoms with Crippen molar-refractivity contribution in [2.75, 3.05) is 0 Å². The van der Waals surface area contributed by atoms with Gasteiger partial charge in [-0.2, -0.15) is 0 Å². The maximum atomic E-state index is 12.1. The van der Waals surface area contributed by atoms with Gasteiger partial charge >= 0.3 is 0 Å². The lowest BCUT2D eigenvalue weighted by Crippen LogP contribution is -2.39. The van der Waals surface area contributed by atoms with E-state index in [1.807, 2.05) is 24.3 Å². The SMILES string of the molecule is CCC1CCCC(NC(=O)Cc2ccc(C(N)=S)cc2)C1. The van der Waals surface area contributed by atoms with Crippen molar-refractivity contribution in [3.8, 4) is 0 Å². The minimum absolute atomic E-state index is 0.111. The quantitative estimate of drug-likeness (QED) is 0.822. The third-order valence-electron chi connectivity index (χ3n) is 4.33. The molecule has 0 heterocycles. The molecule has 1 fully saturated rings. The smallest absolute Gasteiger partial charge is 0.224 e. The molecule has 1 amide bonds. The fraction of sp³-hybridized carbons (Fsp3) is 0.529. The van der Waals surface area contributed by atoms with Crippen molar-refractivity contribution in [2.24, 2.45) is 11.7 Å². The number of amides is 1. The summed E-state index contributed by atoms with van der Waals surface area (Å²) in [5.41, 5.74) is 7.40. The highest BCUT2D eigenvalue weighted by Gasteiger charge is 2.21. The monoisotopic (exact) mass is 304 g/mol. The van der Waals surface area contributed by atoms with Crippen LogP contribution in [0.2, 0.25) is 0 Å². The lowest BCUT2D eigenvalue weighted by atomic mass is 9.84. The van der Waals surface area contributed by atoms with E-state index in [1.54, 1.807) is 0 Å². The number of hydrogen-bond donors (Lipinski definition) is 2. The van der Waals surface area contributed by atoms with E-state index in [0.717, 1.165) is 29.9 Å². The van der Waals surface area contributed by atoms with E-state index in [9.17, 15) is 4.79 Å². The van der Waals surface area contributed by atoms with Crippen LogP contribution in [0.1, 0.15) is 50.2 Å². The van der Waals surface area contributed by atoms with Gasteiger partial charge in [-0.1, -0.05) is 62.7 Å². The van der Waals surface area contributed by atoms with Crippen LogP contribution in [0.5, 0.6) is 0 Å². The predicted molar refractivity (Wildman–Crippen MR) is 90.2 cm³/mol. The van der Waals surface area contributed by atoms with Gasteiger partial charge in [0, 0.05) is 11.6 Å². The first-order chi connectivity index (χ1) is 10.1. The molecular formula is C17H24N2OS. The maximum Gasteiger partial charge on any atom is 0.224 e. The fourth-order valence-corrected chi connectivity index (χ4v) is 3.18. The molecule has 0 aromatic heterocycles. The van der Waals surface area contributed by atoms with Crippen LogP contribution in [-0.2, 0) is 11.2 Å². The molecule has 1 aromatic carbocycles. The molecule has 4 heteroatoms. The molecular weight excluding hydrogens is 280 g/mol. The van der Waals surface area contributed by atoms with Gasteiger partial charge in [-0.05, 0) is 24.3 Å². The number of benzene rings is 1. The maximum absolute atomic E-state index is 12.1. The predicted octanol–water partition coefficient (Wildman–Crippen LogP) is 2.95. The molecule has 1 aliphatic carbocycles. The third kappa shape index (κ3) is 4.81. The first kappa shape index (κ1) is 16.0. The Hall–Kier alpha value is -1.42. The van der Waals surface area contributed by atoms with Crippen molar-refractivity contribution in [1.29, 1.82) is 0 Å². The second-order valence-electron chi connectivity index (χ2n) is 5.94. The summed E-state index contributed by atoms with van der Waals surface area (Å²) >= 11 is 4.92. The average Bonchev–Trinajstić information content (AvgIpc) is 2.47. The zero-order valence-corrected chi connectivity index (χ0v) is 13.4. The van der Waals surface area contributed by atoms with Gasteiger partial charge in [0.05, 0.1) is 6.42 Å². The van der Waals surface area contributed by atoms with Crippen molar-refractivity contribution in [3.05, 3.63) is 35.4 Å². The van der Waals surface area contributed by atoms with Crippen LogP contribution in [0.4, 0.5) is 0 Å². The number of carbonyl (C=O) groups is 1. The molecule has 3 nitrogen and oxygen atoms in total. The van der Waals surface area contributed by atoms with Crippen molar-refractivity contribution in [1.82, 2.24) is 5.32 Å². The summed E-state index contributed by atoms with van der Waals surface area (Å²) < 4.78 is 0. The van der Waals surface area contributed by atoms with Gasteiger partial charge in [-0.25, -0.2) is 0 Å². The Bertz CT molecular complexity index is 498. The second kappa shape index (κ2) is 7.55. The highest BCUT2D eigenvalue weighted by atomic mass is 32.1. The number of rotatable bonds is 5. The summed E-state index contributed by atoms with van der Waals surface area (Å²) in [6.45, 7) is 2.23. The second-order valence-corrected chi connectivity index (χ2v) is 6.38. The van der Waals surface area contributed by atoms with E-state index in [0.29, 0.717) is 17.5 Å². The summed E-state index contributed by atoms with van der Waals surface area (Å²) in [6.07, 6.45) is 6.42. The van der Waals surface area contributed by atoms with Crippen LogP contribution in [0, 0.1) is 5.92 Å². The van der Waals surface area contributed by atoms with E-state index in [-0.39, 0.29) is 5.91 Å². The van der Waals surface area contributed by atoms with Crippen molar-refractivity contribution in [3.63, 3.8) is 0 Å². The molecule has 1 aliphatic rings. The normalized spacial score (nSPS) is 21.8. The molecule has 0 radical (unpaired) electrons. The number of nitrogens with one attached hydrogen (secondary N) is 1. The lowest BCUT2D eigenvalue weighted by molar-refractivity contribution is -0.121. The average molecular weight is 304 g/mol. The lowest BCUT2D eigenvalue weighted by Gasteiger charge is -2.29. The van der Waals surface area contributed by atoms with Gasteiger partial charge in [0.1, 0.15) is 4.99 Å². The van der Waals surface area contributed by atoms with E-state index in [4.69, 9.17) is 18.0 Å². The van der Waals surface area contributed by atoms with Gasteiger partial charge in [0.2, 0.25) is 5.91 Å². The summed E-state index contributed by atoms with van der Waals surface area (Å²) in [5.74, 6) is 0.883. The largest absolute Gasteiger partial charge is 0.389 e. The molecule has 1 aromatic rings. The number of thiocarbonyl (C=S) groups is 1. The van der Waals surface area contributed by atoms with Crippen LogP contribution < -0.4 is 11.1 Å². The molecule has 2 rings (SSSR count). The molecule has 2 atom stereocenters. The van der Waals surface area contributed by atoms with Gasteiger partial charge in [-0.15, -0.1) is 0 Å². The Labute approximate surface area is 132 Å². The molecule has 2 unspecified atom stereocenters. The fourth-order valence-electron chi connectivity index (χ4n) is 3.04. The Balaban J connectivity index is 1.85. The van der Waals surface area contributed by atoms with Crippen LogP contribution in [-0.4, -0.2) is 16.9 Å². The van der Waals surface area contributed by atoms with Crippen molar-refractivity contribution >= 4 is 23.1 Å². The summed E-state index contributed by atoms with van der Waals surface area (Å²) in [4.78, 5) is 12.5. The number of hydrogen-bond acceptors (Lipinski definition) is 2. The van der Waals surface area contributed by atoms with E-state index < -0.39 is 0 Å². The Morgan fingerprint density at radius 2 is 2.05 bits per heavy atom. The van der Waals surface area contributed by atoms with Gasteiger partial charge < -0.3 is 11.1 Å². The molecule has 21 heavy (non-hydrogen) atoms. The van der Waals surface area contributed by atoms with Crippen molar-refractivity contribution < 1.29 is 4.79 Å². The molecule has 0 bridgehead atoms. The molecule has 0 spiro atoms. The minimum atomic E-state index is 0.111. The minimum Gasteiger partial charge on any atom is -0.389 e. The highest BCUT2D eigenvalue weighted by Crippen LogP contribution is 2.26. The van der Waals surface area contributed by atoms with Crippen LogP contribution in [0.25, 0.3) is 0 Å². The zero-order chi connectivity index (χ0) is 15.2. The summed E-state index contributed by atoms with van der Waals surface area (Å²) in [7, 11) is 0. The summed E-state index contributed by atoms with van der Waals surface area (Å²) in [6, 6.07) is 7.94. The summed E-state index contributed by atoms with van der Waals surface area (Å²) in [5, 5.41) is 3.18. The first-order valence-corrected chi connectivity index (χ1v) is 8.17. The van der Waals surface area contributed by atoms with E-state index in [2.05, 4.69) is 12.2 Å². The molecule has 1 saturated carbocycles. The van der Waals surface area contributed by atoms with Crippen molar-refractivity contribution in [2.45, 2.75) is 51.5 Å². The topological polar surface area (TPSA) is 55.1 Å². The van der Waals surface area contributed by atoms with Crippen LogP contribution in [0.3, 0.4) is 0 Å². The molecule has 0 aliphatic heterocycles. The Kier molecular flexibility index (Phi) is 5.74. The molecule has 114 valence electrons. The van der Waals surface area contributed by atoms with E-state index in [1.165, 1.54) is 19.3 Å². The van der Waals surface area contributed by atoms with Gasteiger partial charge in [0.15, 0.2) is 0 Å². The number of nitrogens with two attached hydrogens (primary N) is 1. The standard InChI is InChI=1S/C17H24N2OS/c1-2-12-4-3-5-15(10-12)19-16(20)11-13-6-8-14(9-7-13)17(18)21/h6-9,12,15H,2-5,10-11H2,1H3,(H2,18,21)(H,19,20). The third-order valence-corrected chi connectivity index (χ3v) is 4.56. The van der Waals surface area contributed by atoms with Gasteiger partial charge in [0.25, 0.3) is 0 Å². The molecule has 3 N–H and O–H groups in total. The Morgan fingerprint density at radius 1 is 1.33 bits per heavy atom. The Morgan fingerprint density at radius 3 is 2.67 bits per heavy atom. The van der Waals surface area contributed by atoms with Gasteiger partial charge in [-0.3, -0.25) is 4.79 Å². The van der Waals surface area contributed by atoms with Crippen LogP contribution >= 0.6 is 12.2 Å². The number of carbonyl (C=O) groups excluding carboxylic acids is 1. The molecule has 0 saturated heterocycles. The van der Waals surface area contributed by atoms with E-state index >= 15 is 0 Å². The zero-order valence-electron chi connectivity index (χ0n) is 12.6.